The fraction of sp³-hybridized carbons (Fsp3) is 0.538. The Morgan fingerprint density at radius 1 is 1.37 bits per heavy atom. The Morgan fingerprint density at radius 3 is 2.95 bits per heavy atom. The minimum absolute atomic E-state index is 0.217. The molecule has 0 aromatic carbocycles. The summed E-state index contributed by atoms with van der Waals surface area (Å²) >= 11 is 5.00. The van der Waals surface area contributed by atoms with Gasteiger partial charge < -0.3 is 15.7 Å². The number of nitrogens with two attached hydrogens (primary N) is 1. The average Bonchev–Trinajstić information content (AvgIpc) is 2.65. The highest BCUT2D eigenvalue weighted by Crippen LogP contribution is 2.15. The summed E-state index contributed by atoms with van der Waals surface area (Å²) in [6.07, 6.45) is 2.82. The maximum atomic E-state index is 8.99. The number of anilines is 1. The molecule has 1 aromatic rings. The first-order valence-electron chi connectivity index (χ1n) is 6.54. The maximum Gasteiger partial charge on any atom is 0.129 e. The van der Waals surface area contributed by atoms with Gasteiger partial charge >= 0.3 is 0 Å². The SMILES string of the molecule is NC(=S)c1ccnc(N2CCCN(CCO)CC2)c1. The molecule has 1 aliphatic heterocycles. The van der Waals surface area contributed by atoms with E-state index in [-0.39, 0.29) is 6.61 Å². The van der Waals surface area contributed by atoms with Gasteiger partial charge in [-0.05, 0) is 25.1 Å². The van der Waals surface area contributed by atoms with Crippen molar-refractivity contribution in [3.8, 4) is 0 Å². The molecule has 1 aliphatic rings. The Bertz CT molecular complexity index is 440. The largest absolute Gasteiger partial charge is 0.395 e. The first-order chi connectivity index (χ1) is 9.20. The van der Waals surface area contributed by atoms with Crippen molar-refractivity contribution in [3.05, 3.63) is 23.9 Å². The van der Waals surface area contributed by atoms with Crippen LogP contribution in [0.5, 0.6) is 0 Å². The number of rotatable bonds is 4. The van der Waals surface area contributed by atoms with Crippen LogP contribution < -0.4 is 10.6 Å². The first-order valence-corrected chi connectivity index (χ1v) is 6.95. The van der Waals surface area contributed by atoms with Crippen LogP contribution >= 0.6 is 12.2 Å². The molecule has 2 rings (SSSR count). The average molecular weight is 280 g/mol. The van der Waals surface area contributed by atoms with Crippen molar-refractivity contribution in [1.82, 2.24) is 9.88 Å². The fourth-order valence-corrected chi connectivity index (χ4v) is 2.44. The quantitative estimate of drug-likeness (QED) is 0.769. The van der Waals surface area contributed by atoms with Gasteiger partial charge in [0.1, 0.15) is 10.8 Å². The lowest BCUT2D eigenvalue weighted by Crippen LogP contribution is -2.32. The predicted molar refractivity (Wildman–Crippen MR) is 80.5 cm³/mol. The lowest BCUT2D eigenvalue weighted by Gasteiger charge is -2.22. The molecule has 5 nitrogen and oxygen atoms in total. The van der Waals surface area contributed by atoms with Gasteiger partial charge in [0.25, 0.3) is 0 Å². The molecule has 0 amide bonds. The summed E-state index contributed by atoms with van der Waals surface area (Å²) in [6.45, 7) is 4.80. The molecule has 2 heterocycles. The van der Waals surface area contributed by atoms with Gasteiger partial charge in [-0.3, -0.25) is 4.90 Å². The van der Waals surface area contributed by atoms with Crippen molar-refractivity contribution in [3.63, 3.8) is 0 Å². The molecule has 104 valence electrons. The van der Waals surface area contributed by atoms with Gasteiger partial charge in [-0.25, -0.2) is 4.98 Å². The highest BCUT2D eigenvalue weighted by molar-refractivity contribution is 7.80. The number of aliphatic hydroxyl groups excluding tert-OH is 1. The zero-order chi connectivity index (χ0) is 13.7. The number of β-amino-alcohol motifs (C(OH)–C–C–N with tert-alkyl or cyclic N) is 1. The monoisotopic (exact) mass is 280 g/mol. The number of aromatic nitrogens is 1. The third-order valence-electron chi connectivity index (χ3n) is 3.36. The topological polar surface area (TPSA) is 65.6 Å². The van der Waals surface area contributed by atoms with E-state index >= 15 is 0 Å². The van der Waals surface area contributed by atoms with Gasteiger partial charge in [0.15, 0.2) is 0 Å². The van der Waals surface area contributed by atoms with E-state index in [1.807, 2.05) is 12.1 Å². The number of hydrogen-bond donors (Lipinski definition) is 2. The summed E-state index contributed by atoms with van der Waals surface area (Å²) in [7, 11) is 0. The third kappa shape index (κ3) is 3.86. The molecule has 1 aromatic heterocycles. The van der Waals surface area contributed by atoms with Crippen LogP contribution in [0.4, 0.5) is 5.82 Å². The summed E-state index contributed by atoms with van der Waals surface area (Å²) in [5.41, 5.74) is 6.51. The number of nitrogens with zero attached hydrogens (tertiary/aromatic N) is 3. The molecule has 19 heavy (non-hydrogen) atoms. The van der Waals surface area contributed by atoms with Crippen molar-refractivity contribution < 1.29 is 5.11 Å². The normalized spacial score (nSPS) is 17.2. The van der Waals surface area contributed by atoms with Crippen LogP contribution in [-0.4, -0.2) is 59.3 Å². The molecule has 0 aliphatic carbocycles. The fourth-order valence-electron chi connectivity index (χ4n) is 2.31. The standard InChI is InChI=1S/C13H20N4OS/c14-13(19)11-2-3-15-12(10-11)17-5-1-4-16(6-7-17)8-9-18/h2-3,10,18H,1,4-9H2,(H2,14,19). The Kier molecular flexibility index (Phi) is 5.07. The molecule has 0 spiro atoms. The van der Waals surface area contributed by atoms with E-state index in [9.17, 15) is 0 Å². The Balaban J connectivity index is 2.05. The number of pyridine rings is 1. The molecule has 1 fully saturated rings. The molecule has 6 heteroatoms. The lowest BCUT2D eigenvalue weighted by molar-refractivity contribution is 0.204. The van der Waals surface area contributed by atoms with E-state index in [0.717, 1.165) is 50.5 Å². The number of aliphatic hydroxyl groups is 1. The molecule has 0 unspecified atom stereocenters. The summed E-state index contributed by atoms with van der Waals surface area (Å²) < 4.78 is 0. The van der Waals surface area contributed by atoms with Crippen molar-refractivity contribution in [2.24, 2.45) is 5.73 Å². The highest BCUT2D eigenvalue weighted by atomic mass is 32.1. The summed E-state index contributed by atoms with van der Waals surface area (Å²) in [4.78, 5) is 9.33. The van der Waals surface area contributed by atoms with E-state index in [0.29, 0.717) is 4.99 Å². The van der Waals surface area contributed by atoms with Crippen LogP contribution in [0.25, 0.3) is 0 Å². The van der Waals surface area contributed by atoms with Gasteiger partial charge in [-0.1, -0.05) is 12.2 Å². The summed E-state index contributed by atoms with van der Waals surface area (Å²) in [6, 6.07) is 3.78. The number of hydrogen-bond acceptors (Lipinski definition) is 5. The zero-order valence-corrected chi connectivity index (χ0v) is 11.8. The Labute approximate surface area is 119 Å². The van der Waals surface area contributed by atoms with E-state index < -0.39 is 0 Å². The van der Waals surface area contributed by atoms with E-state index in [1.165, 1.54) is 0 Å². The third-order valence-corrected chi connectivity index (χ3v) is 3.59. The lowest BCUT2D eigenvalue weighted by atomic mass is 10.2. The van der Waals surface area contributed by atoms with E-state index in [4.69, 9.17) is 23.1 Å². The van der Waals surface area contributed by atoms with Crippen molar-refractivity contribution in [2.45, 2.75) is 6.42 Å². The van der Waals surface area contributed by atoms with Gasteiger partial charge in [0.2, 0.25) is 0 Å². The minimum Gasteiger partial charge on any atom is -0.395 e. The molecule has 0 radical (unpaired) electrons. The van der Waals surface area contributed by atoms with Gasteiger partial charge in [-0.15, -0.1) is 0 Å². The first kappa shape index (κ1) is 14.2. The van der Waals surface area contributed by atoms with Gasteiger partial charge in [-0.2, -0.15) is 0 Å². The van der Waals surface area contributed by atoms with Crippen molar-refractivity contribution >= 4 is 23.0 Å². The second-order valence-corrected chi connectivity index (χ2v) is 5.11. The smallest absolute Gasteiger partial charge is 0.129 e. The maximum absolute atomic E-state index is 8.99. The minimum atomic E-state index is 0.217. The van der Waals surface area contributed by atoms with Crippen molar-refractivity contribution in [1.29, 1.82) is 0 Å². The summed E-state index contributed by atoms with van der Waals surface area (Å²) in [5, 5.41) is 8.99. The summed E-state index contributed by atoms with van der Waals surface area (Å²) in [5.74, 6) is 0.927. The van der Waals surface area contributed by atoms with E-state index in [1.54, 1.807) is 6.20 Å². The van der Waals surface area contributed by atoms with Gasteiger partial charge in [0, 0.05) is 37.9 Å². The van der Waals surface area contributed by atoms with Crippen LogP contribution in [0.3, 0.4) is 0 Å². The second-order valence-electron chi connectivity index (χ2n) is 4.67. The number of thiocarbonyl (C=S) groups is 1. The molecule has 1 saturated heterocycles. The van der Waals surface area contributed by atoms with Crippen LogP contribution in [0, 0.1) is 0 Å². The molecular weight excluding hydrogens is 260 g/mol. The zero-order valence-electron chi connectivity index (χ0n) is 11.0. The Morgan fingerprint density at radius 2 is 2.21 bits per heavy atom. The highest BCUT2D eigenvalue weighted by Gasteiger charge is 2.15. The molecule has 3 N–H and O–H groups in total. The van der Waals surface area contributed by atoms with Crippen LogP contribution in [0.2, 0.25) is 0 Å². The van der Waals surface area contributed by atoms with Crippen LogP contribution in [0.15, 0.2) is 18.3 Å². The van der Waals surface area contributed by atoms with E-state index in [2.05, 4.69) is 14.8 Å². The van der Waals surface area contributed by atoms with Gasteiger partial charge in [0.05, 0.1) is 6.61 Å². The second kappa shape index (κ2) is 6.79. The Hall–Kier alpha value is -1.24. The molecule has 0 bridgehead atoms. The molecule has 0 saturated carbocycles. The van der Waals surface area contributed by atoms with Crippen LogP contribution in [0.1, 0.15) is 12.0 Å². The predicted octanol–water partition coefficient (Wildman–Crippen LogP) is 0.220. The molecule has 0 atom stereocenters. The van der Waals surface area contributed by atoms with Crippen molar-refractivity contribution in [2.75, 3.05) is 44.2 Å². The van der Waals surface area contributed by atoms with Crippen LogP contribution in [-0.2, 0) is 0 Å². The molecular formula is C13H20N4OS.